The van der Waals surface area contributed by atoms with E-state index in [9.17, 15) is 4.79 Å². The smallest absolute Gasteiger partial charge is 0.284 e. The first-order chi connectivity index (χ1) is 14.1. The molecule has 0 fully saturated rings. The van der Waals surface area contributed by atoms with Crippen molar-refractivity contribution in [3.05, 3.63) is 83.6 Å². The van der Waals surface area contributed by atoms with Crippen molar-refractivity contribution in [2.75, 3.05) is 5.32 Å². The molecule has 0 radical (unpaired) electrons. The van der Waals surface area contributed by atoms with Crippen LogP contribution in [0.5, 0.6) is 0 Å². The SMILES string of the molecule is Cc1ccc(C)c(NC(=O)[C@@H](Sc2nnc(-c3ccco3)o2)c2ccccc2)c1. The van der Waals surface area contributed by atoms with Gasteiger partial charge < -0.3 is 14.2 Å². The van der Waals surface area contributed by atoms with Crippen molar-refractivity contribution in [1.29, 1.82) is 0 Å². The predicted molar refractivity (Wildman–Crippen MR) is 112 cm³/mol. The van der Waals surface area contributed by atoms with E-state index in [1.54, 1.807) is 12.1 Å². The molecule has 0 unspecified atom stereocenters. The molecule has 1 amide bonds. The van der Waals surface area contributed by atoms with Crippen LogP contribution in [-0.4, -0.2) is 16.1 Å². The molecule has 0 spiro atoms. The Kier molecular flexibility index (Phi) is 5.48. The summed E-state index contributed by atoms with van der Waals surface area (Å²) in [6, 6.07) is 19.0. The van der Waals surface area contributed by atoms with Crippen LogP contribution in [-0.2, 0) is 4.79 Å². The molecule has 146 valence electrons. The summed E-state index contributed by atoms with van der Waals surface area (Å²) in [6.45, 7) is 3.96. The van der Waals surface area contributed by atoms with Gasteiger partial charge in [0.1, 0.15) is 5.25 Å². The van der Waals surface area contributed by atoms with Crippen molar-refractivity contribution >= 4 is 23.4 Å². The van der Waals surface area contributed by atoms with E-state index < -0.39 is 5.25 Å². The van der Waals surface area contributed by atoms with E-state index in [1.165, 1.54) is 18.0 Å². The molecule has 0 bridgehead atoms. The number of hydrogen-bond donors (Lipinski definition) is 1. The van der Waals surface area contributed by atoms with Crippen molar-refractivity contribution in [1.82, 2.24) is 10.2 Å². The molecule has 7 heteroatoms. The Morgan fingerprint density at radius 3 is 2.62 bits per heavy atom. The van der Waals surface area contributed by atoms with E-state index in [0.29, 0.717) is 11.0 Å². The second kappa shape index (κ2) is 8.36. The van der Waals surface area contributed by atoms with Crippen LogP contribution >= 0.6 is 11.8 Å². The standard InChI is InChI=1S/C22H19N3O3S/c1-14-10-11-15(2)17(13-14)23-20(26)19(16-7-4-3-5-8-16)29-22-25-24-21(28-22)18-9-6-12-27-18/h3-13,19H,1-2H3,(H,23,26)/t19-/m0/s1. The first-order valence-corrected chi connectivity index (χ1v) is 9.95. The second-order valence-electron chi connectivity index (χ2n) is 6.57. The Balaban J connectivity index is 1.60. The van der Waals surface area contributed by atoms with Gasteiger partial charge in [0.25, 0.3) is 11.1 Å². The highest BCUT2D eigenvalue weighted by atomic mass is 32.2. The minimum atomic E-state index is -0.555. The van der Waals surface area contributed by atoms with Crippen LogP contribution in [0.15, 0.2) is 81.0 Å². The van der Waals surface area contributed by atoms with Crippen molar-refractivity contribution in [2.24, 2.45) is 0 Å². The molecule has 6 nitrogen and oxygen atoms in total. The first kappa shape index (κ1) is 19.0. The number of furan rings is 1. The average molecular weight is 405 g/mol. The van der Waals surface area contributed by atoms with Gasteiger partial charge in [0, 0.05) is 5.69 Å². The molecule has 0 aliphatic carbocycles. The number of aryl methyl sites for hydroxylation is 2. The number of nitrogens with one attached hydrogen (secondary N) is 1. The monoisotopic (exact) mass is 405 g/mol. The fourth-order valence-corrected chi connectivity index (χ4v) is 3.70. The molecule has 29 heavy (non-hydrogen) atoms. The molecule has 0 aliphatic heterocycles. The lowest BCUT2D eigenvalue weighted by atomic mass is 10.1. The first-order valence-electron chi connectivity index (χ1n) is 9.07. The zero-order valence-electron chi connectivity index (χ0n) is 16.0. The average Bonchev–Trinajstić information content (AvgIpc) is 3.41. The van der Waals surface area contributed by atoms with E-state index in [1.807, 2.05) is 62.4 Å². The van der Waals surface area contributed by atoms with E-state index in [-0.39, 0.29) is 11.8 Å². The number of rotatable bonds is 6. The van der Waals surface area contributed by atoms with Gasteiger partial charge in [-0.2, -0.15) is 0 Å². The highest BCUT2D eigenvalue weighted by Crippen LogP contribution is 2.37. The Morgan fingerprint density at radius 2 is 1.86 bits per heavy atom. The summed E-state index contributed by atoms with van der Waals surface area (Å²) in [4.78, 5) is 13.2. The molecule has 1 atom stereocenters. The van der Waals surface area contributed by atoms with Gasteiger partial charge in [0.15, 0.2) is 5.76 Å². The molecule has 4 rings (SSSR count). The molecule has 4 aromatic rings. The van der Waals surface area contributed by atoms with Gasteiger partial charge in [-0.25, -0.2) is 0 Å². The summed E-state index contributed by atoms with van der Waals surface area (Å²) in [7, 11) is 0. The van der Waals surface area contributed by atoms with Crippen LogP contribution in [0.4, 0.5) is 5.69 Å². The zero-order chi connectivity index (χ0) is 20.2. The summed E-state index contributed by atoms with van der Waals surface area (Å²) in [6.07, 6.45) is 1.54. The molecule has 1 N–H and O–H groups in total. The lowest BCUT2D eigenvalue weighted by Crippen LogP contribution is -2.19. The number of carbonyl (C=O) groups excluding carboxylic acids is 1. The number of hydrogen-bond acceptors (Lipinski definition) is 6. The molecule has 0 saturated heterocycles. The quantitative estimate of drug-likeness (QED) is 0.432. The Morgan fingerprint density at radius 1 is 1.03 bits per heavy atom. The summed E-state index contributed by atoms with van der Waals surface area (Å²) in [5, 5.41) is 10.9. The maximum absolute atomic E-state index is 13.2. The van der Waals surface area contributed by atoms with Gasteiger partial charge in [-0.05, 0) is 60.5 Å². The van der Waals surface area contributed by atoms with E-state index in [2.05, 4.69) is 15.5 Å². The van der Waals surface area contributed by atoms with E-state index >= 15 is 0 Å². The molecular weight excluding hydrogens is 386 g/mol. The van der Waals surface area contributed by atoms with Gasteiger partial charge >= 0.3 is 0 Å². The Labute approximate surface area is 172 Å². The largest absolute Gasteiger partial charge is 0.459 e. The summed E-state index contributed by atoms with van der Waals surface area (Å²) in [5.41, 5.74) is 3.71. The molecule has 2 heterocycles. The normalized spacial score (nSPS) is 11.9. The maximum atomic E-state index is 13.2. The highest BCUT2D eigenvalue weighted by molar-refractivity contribution is 8.00. The molecule has 0 saturated carbocycles. The number of nitrogens with zero attached hydrogens (tertiary/aromatic N) is 2. The number of aromatic nitrogens is 2. The highest BCUT2D eigenvalue weighted by Gasteiger charge is 2.26. The fraction of sp³-hybridized carbons (Fsp3) is 0.136. The van der Waals surface area contributed by atoms with Gasteiger partial charge in [-0.3, -0.25) is 4.79 Å². The fourth-order valence-electron chi connectivity index (χ4n) is 2.83. The van der Waals surface area contributed by atoms with Crippen molar-refractivity contribution < 1.29 is 13.6 Å². The number of amides is 1. The lowest BCUT2D eigenvalue weighted by molar-refractivity contribution is -0.115. The summed E-state index contributed by atoms with van der Waals surface area (Å²) < 4.78 is 11.0. The van der Waals surface area contributed by atoms with Crippen LogP contribution < -0.4 is 5.32 Å². The number of thioether (sulfide) groups is 1. The van der Waals surface area contributed by atoms with Gasteiger partial charge in [0.05, 0.1) is 6.26 Å². The maximum Gasteiger partial charge on any atom is 0.284 e. The van der Waals surface area contributed by atoms with Crippen molar-refractivity contribution in [3.8, 4) is 11.7 Å². The van der Waals surface area contributed by atoms with Crippen molar-refractivity contribution in [3.63, 3.8) is 0 Å². The number of carbonyl (C=O) groups is 1. The van der Waals surface area contributed by atoms with Crippen LogP contribution in [0.2, 0.25) is 0 Å². The zero-order valence-corrected chi connectivity index (χ0v) is 16.8. The van der Waals surface area contributed by atoms with Gasteiger partial charge in [-0.15, -0.1) is 10.2 Å². The molecule has 2 aromatic carbocycles. The minimum absolute atomic E-state index is 0.160. The topological polar surface area (TPSA) is 81.2 Å². The third kappa shape index (κ3) is 4.41. The molecular formula is C22H19N3O3S. The number of benzene rings is 2. The minimum Gasteiger partial charge on any atom is -0.459 e. The van der Waals surface area contributed by atoms with E-state index in [0.717, 1.165) is 22.4 Å². The molecule has 2 aromatic heterocycles. The molecule has 0 aliphatic rings. The third-order valence-electron chi connectivity index (χ3n) is 4.35. The predicted octanol–water partition coefficient (Wildman–Crippen LogP) is 5.42. The van der Waals surface area contributed by atoms with Crippen molar-refractivity contribution in [2.45, 2.75) is 24.3 Å². The van der Waals surface area contributed by atoms with Crippen LogP contribution in [0.3, 0.4) is 0 Å². The second-order valence-corrected chi connectivity index (χ2v) is 7.62. The summed E-state index contributed by atoms with van der Waals surface area (Å²) in [5.74, 6) is 0.604. The van der Waals surface area contributed by atoms with Gasteiger partial charge in [-0.1, -0.05) is 42.5 Å². The van der Waals surface area contributed by atoms with Crippen LogP contribution in [0.25, 0.3) is 11.7 Å². The summed E-state index contributed by atoms with van der Waals surface area (Å²) >= 11 is 1.20. The Hall–Kier alpha value is -3.32. The van der Waals surface area contributed by atoms with Crippen LogP contribution in [0.1, 0.15) is 21.9 Å². The number of anilines is 1. The lowest BCUT2D eigenvalue weighted by Gasteiger charge is -2.16. The van der Waals surface area contributed by atoms with Gasteiger partial charge in [0.2, 0.25) is 5.91 Å². The van der Waals surface area contributed by atoms with E-state index in [4.69, 9.17) is 8.83 Å². The Bertz CT molecular complexity index is 1110. The van der Waals surface area contributed by atoms with Crippen LogP contribution in [0, 0.1) is 13.8 Å². The third-order valence-corrected chi connectivity index (χ3v) is 5.44.